The first-order valence-corrected chi connectivity index (χ1v) is 4.16. The maximum Gasteiger partial charge on any atom is 0.356 e. The molecule has 16 heavy (non-hydrogen) atoms. The van der Waals surface area contributed by atoms with Gasteiger partial charge in [0.1, 0.15) is 0 Å². The third-order valence-corrected chi connectivity index (χ3v) is 1.88. The Morgan fingerprint density at radius 2 is 2.25 bits per heavy atom. The second kappa shape index (κ2) is 3.57. The molecule has 2 aromatic heterocycles. The number of carboxylic acids is 1. The molecular formula is C8H6N4O4. The molecule has 0 aliphatic carbocycles. The second-order valence-corrected chi connectivity index (χ2v) is 2.83. The van der Waals surface area contributed by atoms with Gasteiger partial charge in [-0.25, -0.2) is 14.6 Å². The van der Waals surface area contributed by atoms with E-state index in [2.05, 4.69) is 20.0 Å². The lowest BCUT2D eigenvalue weighted by molar-refractivity contribution is 0.0590. The van der Waals surface area contributed by atoms with Crippen LogP contribution < -0.4 is 0 Å². The van der Waals surface area contributed by atoms with Gasteiger partial charge in [0, 0.05) is 6.07 Å². The molecule has 0 bridgehead atoms. The fraction of sp³-hybridized carbons (Fsp3) is 0.125. The number of carbonyl (C=O) groups excluding carboxylic acids is 1. The Kier molecular flexibility index (Phi) is 2.24. The zero-order chi connectivity index (χ0) is 11.7. The van der Waals surface area contributed by atoms with E-state index in [-0.39, 0.29) is 17.0 Å². The van der Waals surface area contributed by atoms with Crippen molar-refractivity contribution in [2.45, 2.75) is 0 Å². The molecule has 0 aliphatic rings. The second-order valence-electron chi connectivity index (χ2n) is 2.83. The average molecular weight is 222 g/mol. The SMILES string of the molecule is COC(=O)c1cc(C(=O)O)nc2cnnn12. The number of esters is 1. The van der Waals surface area contributed by atoms with Gasteiger partial charge in [0.2, 0.25) is 0 Å². The Balaban J connectivity index is 2.73. The number of aromatic nitrogens is 4. The predicted molar refractivity (Wildman–Crippen MR) is 49.1 cm³/mol. The standard InChI is InChI=1S/C8H6N4O4/c1-16-8(15)5-2-4(7(13)14)10-6-3-9-11-12(5)6/h2-3H,1H3,(H,13,14). The van der Waals surface area contributed by atoms with Gasteiger partial charge in [-0.2, -0.15) is 4.52 Å². The molecule has 0 aromatic carbocycles. The molecule has 8 nitrogen and oxygen atoms in total. The lowest BCUT2D eigenvalue weighted by atomic mass is 10.3. The van der Waals surface area contributed by atoms with E-state index in [4.69, 9.17) is 5.11 Å². The molecule has 0 unspecified atom stereocenters. The summed E-state index contributed by atoms with van der Waals surface area (Å²) in [5.41, 5.74) is -0.141. The molecule has 8 heteroatoms. The van der Waals surface area contributed by atoms with Crippen molar-refractivity contribution in [2.75, 3.05) is 7.11 Å². The molecule has 0 fully saturated rings. The molecule has 0 aliphatic heterocycles. The average Bonchev–Trinajstić information content (AvgIpc) is 2.74. The van der Waals surface area contributed by atoms with E-state index < -0.39 is 11.9 Å². The van der Waals surface area contributed by atoms with Gasteiger partial charge in [-0.15, -0.1) is 5.10 Å². The van der Waals surface area contributed by atoms with Gasteiger partial charge in [0.25, 0.3) is 0 Å². The van der Waals surface area contributed by atoms with Crippen LogP contribution in [0.1, 0.15) is 21.0 Å². The van der Waals surface area contributed by atoms with Crippen molar-refractivity contribution in [1.29, 1.82) is 0 Å². The molecule has 0 radical (unpaired) electrons. The number of hydrogen-bond donors (Lipinski definition) is 1. The van der Waals surface area contributed by atoms with Gasteiger partial charge in [0.15, 0.2) is 17.0 Å². The van der Waals surface area contributed by atoms with Crippen LogP contribution in [0.2, 0.25) is 0 Å². The van der Waals surface area contributed by atoms with E-state index in [1.165, 1.54) is 13.3 Å². The zero-order valence-electron chi connectivity index (χ0n) is 8.12. The Morgan fingerprint density at radius 1 is 1.50 bits per heavy atom. The summed E-state index contributed by atoms with van der Waals surface area (Å²) in [6, 6.07) is 1.08. The summed E-state index contributed by atoms with van der Waals surface area (Å²) in [4.78, 5) is 25.9. The van der Waals surface area contributed by atoms with Crippen molar-refractivity contribution < 1.29 is 19.4 Å². The van der Waals surface area contributed by atoms with E-state index >= 15 is 0 Å². The Labute approximate surface area is 88.5 Å². The fourth-order valence-electron chi connectivity index (χ4n) is 1.18. The summed E-state index contributed by atoms with van der Waals surface area (Å²) in [6.45, 7) is 0. The molecule has 0 saturated heterocycles. The van der Waals surface area contributed by atoms with Gasteiger partial charge in [0.05, 0.1) is 13.3 Å². The predicted octanol–water partition coefficient (Wildman–Crippen LogP) is -0.391. The number of ether oxygens (including phenoxy) is 1. The third kappa shape index (κ3) is 1.45. The molecule has 2 rings (SSSR count). The minimum Gasteiger partial charge on any atom is -0.477 e. The van der Waals surface area contributed by atoms with Crippen molar-refractivity contribution in [2.24, 2.45) is 0 Å². The number of carbonyl (C=O) groups is 2. The van der Waals surface area contributed by atoms with Crippen molar-refractivity contribution in [3.8, 4) is 0 Å². The lowest BCUT2D eigenvalue weighted by Crippen LogP contribution is -2.13. The lowest BCUT2D eigenvalue weighted by Gasteiger charge is -2.02. The van der Waals surface area contributed by atoms with Crippen molar-refractivity contribution in [1.82, 2.24) is 19.8 Å². The first-order valence-electron chi connectivity index (χ1n) is 4.16. The maximum atomic E-state index is 11.4. The van der Waals surface area contributed by atoms with Gasteiger partial charge in [-0.1, -0.05) is 5.21 Å². The molecule has 2 aromatic rings. The van der Waals surface area contributed by atoms with Crippen LogP contribution in [-0.2, 0) is 4.74 Å². The first kappa shape index (κ1) is 10.0. The highest BCUT2D eigenvalue weighted by Crippen LogP contribution is 2.07. The summed E-state index contributed by atoms with van der Waals surface area (Å²) < 4.78 is 5.61. The summed E-state index contributed by atoms with van der Waals surface area (Å²) in [5.74, 6) is -1.95. The normalized spacial score (nSPS) is 10.3. The highest BCUT2D eigenvalue weighted by atomic mass is 16.5. The van der Waals surface area contributed by atoms with E-state index in [9.17, 15) is 9.59 Å². The van der Waals surface area contributed by atoms with Crippen LogP contribution in [0.4, 0.5) is 0 Å². The Morgan fingerprint density at radius 3 is 2.88 bits per heavy atom. The summed E-state index contributed by atoms with van der Waals surface area (Å²) in [7, 11) is 1.19. The molecule has 0 amide bonds. The molecule has 2 heterocycles. The smallest absolute Gasteiger partial charge is 0.356 e. The molecule has 0 atom stereocenters. The molecular weight excluding hydrogens is 216 g/mol. The minimum absolute atomic E-state index is 0.0394. The quantitative estimate of drug-likeness (QED) is 0.689. The van der Waals surface area contributed by atoms with Crippen molar-refractivity contribution >= 4 is 17.6 Å². The largest absolute Gasteiger partial charge is 0.477 e. The number of nitrogens with zero attached hydrogens (tertiary/aromatic N) is 4. The Hall–Kier alpha value is -2.51. The topological polar surface area (TPSA) is 107 Å². The van der Waals surface area contributed by atoms with E-state index in [0.29, 0.717) is 0 Å². The molecule has 0 spiro atoms. The minimum atomic E-state index is -1.24. The summed E-state index contributed by atoms with van der Waals surface area (Å²) in [5, 5.41) is 15.9. The zero-order valence-corrected chi connectivity index (χ0v) is 8.12. The number of aromatic carboxylic acids is 1. The van der Waals surface area contributed by atoms with Crippen LogP contribution >= 0.6 is 0 Å². The molecule has 0 saturated carbocycles. The van der Waals surface area contributed by atoms with E-state index in [0.717, 1.165) is 10.6 Å². The van der Waals surface area contributed by atoms with Crippen LogP contribution in [0.25, 0.3) is 5.65 Å². The maximum absolute atomic E-state index is 11.4. The van der Waals surface area contributed by atoms with Crippen LogP contribution in [0.15, 0.2) is 12.3 Å². The van der Waals surface area contributed by atoms with Crippen molar-refractivity contribution in [3.63, 3.8) is 0 Å². The first-order chi connectivity index (χ1) is 7.63. The number of carboxylic acid groups (broad SMARTS) is 1. The van der Waals surface area contributed by atoms with Crippen LogP contribution in [0.3, 0.4) is 0 Å². The molecule has 82 valence electrons. The van der Waals surface area contributed by atoms with Crippen molar-refractivity contribution in [3.05, 3.63) is 23.7 Å². The van der Waals surface area contributed by atoms with E-state index in [1.807, 2.05) is 0 Å². The number of methoxy groups -OCH3 is 1. The van der Waals surface area contributed by atoms with Gasteiger partial charge in [-0.3, -0.25) is 0 Å². The highest BCUT2D eigenvalue weighted by molar-refractivity contribution is 5.92. The van der Waals surface area contributed by atoms with Crippen LogP contribution in [-0.4, -0.2) is 44.0 Å². The van der Waals surface area contributed by atoms with Crippen LogP contribution in [0, 0.1) is 0 Å². The third-order valence-electron chi connectivity index (χ3n) is 1.88. The van der Waals surface area contributed by atoms with E-state index in [1.54, 1.807) is 0 Å². The highest BCUT2D eigenvalue weighted by Gasteiger charge is 2.17. The number of rotatable bonds is 2. The fourth-order valence-corrected chi connectivity index (χ4v) is 1.18. The van der Waals surface area contributed by atoms with Gasteiger partial charge >= 0.3 is 11.9 Å². The monoisotopic (exact) mass is 222 g/mol. The summed E-state index contributed by atoms with van der Waals surface area (Å²) >= 11 is 0. The van der Waals surface area contributed by atoms with Crippen LogP contribution in [0.5, 0.6) is 0 Å². The Bertz CT molecular complexity index is 576. The van der Waals surface area contributed by atoms with Gasteiger partial charge in [-0.05, 0) is 0 Å². The molecule has 1 N–H and O–H groups in total. The summed E-state index contributed by atoms with van der Waals surface area (Å²) in [6.07, 6.45) is 1.25. The number of fused-ring (bicyclic) bond motifs is 1. The van der Waals surface area contributed by atoms with Gasteiger partial charge < -0.3 is 9.84 Å². The number of hydrogen-bond acceptors (Lipinski definition) is 6.